The molecule has 5 nitrogen and oxygen atoms in total. The normalized spacial score (nSPS) is 17.3. The van der Waals surface area contributed by atoms with Crippen molar-refractivity contribution < 1.29 is 18.3 Å². The molecule has 26 heavy (non-hydrogen) atoms. The molecule has 1 aliphatic rings. The maximum Gasteiger partial charge on any atom is 0.272 e. The molecule has 2 rings (SSSR count). The fourth-order valence-electron chi connectivity index (χ4n) is 2.88. The predicted molar refractivity (Wildman–Crippen MR) is 110 cm³/mol. The zero-order valence-electron chi connectivity index (χ0n) is 15.3. The van der Waals surface area contributed by atoms with Crippen LogP contribution >= 0.6 is 24.0 Å². The SMILES string of the molecule is CCNC(=NCc1cccc(OCC(F)F)c1)N1CCC(COC)C1.I. The van der Waals surface area contributed by atoms with Crippen molar-refractivity contribution in [3.8, 4) is 5.75 Å². The van der Waals surface area contributed by atoms with Gasteiger partial charge in [-0.15, -0.1) is 24.0 Å². The zero-order valence-corrected chi connectivity index (χ0v) is 17.6. The first-order valence-corrected chi connectivity index (χ1v) is 8.64. The standard InChI is InChI=1S/C18H27F2N3O2.HI/c1-3-21-18(23-8-7-15(11-23)12-24-2)22-10-14-5-4-6-16(9-14)25-13-17(19)20;/h4-6,9,15,17H,3,7-8,10-13H2,1-2H3,(H,21,22);1H. The van der Waals surface area contributed by atoms with Gasteiger partial charge in [-0.3, -0.25) is 0 Å². The van der Waals surface area contributed by atoms with E-state index in [1.165, 1.54) is 0 Å². The van der Waals surface area contributed by atoms with Crippen LogP contribution in [0.4, 0.5) is 8.78 Å². The minimum atomic E-state index is -2.47. The first-order valence-electron chi connectivity index (χ1n) is 8.64. The molecule has 0 saturated carbocycles. The second-order valence-electron chi connectivity index (χ2n) is 6.08. The molecule has 148 valence electrons. The molecule has 1 atom stereocenters. The third kappa shape index (κ3) is 7.61. The molecule has 1 N–H and O–H groups in total. The van der Waals surface area contributed by atoms with Crippen LogP contribution in [0.5, 0.6) is 5.75 Å². The summed E-state index contributed by atoms with van der Waals surface area (Å²) >= 11 is 0. The number of aliphatic imine (C=N–C) groups is 1. The molecule has 0 aromatic heterocycles. The molecule has 1 fully saturated rings. The highest BCUT2D eigenvalue weighted by Gasteiger charge is 2.24. The topological polar surface area (TPSA) is 46.1 Å². The van der Waals surface area contributed by atoms with Crippen molar-refractivity contribution in [3.63, 3.8) is 0 Å². The van der Waals surface area contributed by atoms with Crippen LogP contribution in [0.15, 0.2) is 29.3 Å². The first kappa shape index (κ1) is 22.9. The number of nitrogens with one attached hydrogen (secondary N) is 1. The number of ether oxygens (including phenoxy) is 2. The quantitative estimate of drug-likeness (QED) is 0.350. The lowest BCUT2D eigenvalue weighted by molar-refractivity contribution is 0.0818. The fraction of sp³-hybridized carbons (Fsp3) is 0.611. The number of halogens is 3. The van der Waals surface area contributed by atoms with Gasteiger partial charge in [0.15, 0.2) is 5.96 Å². The van der Waals surface area contributed by atoms with Crippen LogP contribution in [0.1, 0.15) is 18.9 Å². The van der Waals surface area contributed by atoms with Crippen LogP contribution < -0.4 is 10.1 Å². The number of nitrogens with zero attached hydrogens (tertiary/aromatic N) is 2. The van der Waals surface area contributed by atoms with E-state index < -0.39 is 13.0 Å². The summed E-state index contributed by atoms with van der Waals surface area (Å²) in [6.45, 7) is 5.36. The maximum atomic E-state index is 12.2. The monoisotopic (exact) mass is 483 g/mol. The van der Waals surface area contributed by atoms with Crippen molar-refractivity contribution in [3.05, 3.63) is 29.8 Å². The second-order valence-corrected chi connectivity index (χ2v) is 6.08. The fourth-order valence-corrected chi connectivity index (χ4v) is 2.88. The number of alkyl halides is 2. The molecule has 0 spiro atoms. The molecule has 0 radical (unpaired) electrons. The molecule has 1 heterocycles. The van der Waals surface area contributed by atoms with Crippen molar-refractivity contribution in [2.75, 3.05) is 40.0 Å². The lowest BCUT2D eigenvalue weighted by Crippen LogP contribution is -2.40. The van der Waals surface area contributed by atoms with Crippen LogP contribution in [-0.2, 0) is 11.3 Å². The number of benzene rings is 1. The Balaban J connectivity index is 0.00000338. The lowest BCUT2D eigenvalue weighted by Gasteiger charge is -2.21. The molecule has 1 unspecified atom stereocenters. The van der Waals surface area contributed by atoms with Crippen LogP contribution in [0.2, 0.25) is 0 Å². The van der Waals surface area contributed by atoms with Crippen molar-refractivity contribution in [1.29, 1.82) is 0 Å². The van der Waals surface area contributed by atoms with Gasteiger partial charge in [-0.25, -0.2) is 13.8 Å². The number of methoxy groups -OCH3 is 1. The Bertz CT molecular complexity index is 561. The Morgan fingerprint density at radius 3 is 2.92 bits per heavy atom. The Hall–Kier alpha value is -1.16. The van der Waals surface area contributed by atoms with E-state index in [0.717, 1.165) is 44.2 Å². The summed E-state index contributed by atoms with van der Waals surface area (Å²) in [5.41, 5.74) is 0.926. The summed E-state index contributed by atoms with van der Waals surface area (Å²) in [7, 11) is 1.73. The third-order valence-corrected chi connectivity index (χ3v) is 4.01. The number of likely N-dealkylation sites (tertiary alicyclic amines) is 1. The summed E-state index contributed by atoms with van der Waals surface area (Å²) in [4.78, 5) is 6.92. The van der Waals surface area contributed by atoms with Gasteiger partial charge in [0.2, 0.25) is 0 Å². The lowest BCUT2D eigenvalue weighted by atomic mass is 10.1. The van der Waals surface area contributed by atoms with Crippen LogP contribution in [0, 0.1) is 5.92 Å². The number of guanidine groups is 1. The molecule has 8 heteroatoms. The van der Waals surface area contributed by atoms with Gasteiger partial charge < -0.3 is 19.7 Å². The van der Waals surface area contributed by atoms with E-state index in [1.54, 1.807) is 25.3 Å². The van der Waals surface area contributed by atoms with Crippen LogP contribution in [0.25, 0.3) is 0 Å². The van der Waals surface area contributed by atoms with E-state index in [0.29, 0.717) is 18.2 Å². The zero-order chi connectivity index (χ0) is 18.1. The molecule has 1 aromatic rings. The molecular weight excluding hydrogens is 455 g/mol. The largest absolute Gasteiger partial charge is 0.488 e. The van der Waals surface area contributed by atoms with Crippen molar-refractivity contribution >= 4 is 29.9 Å². The Kier molecular flexibility index (Phi) is 10.8. The molecule has 0 amide bonds. The van der Waals surface area contributed by atoms with Gasteiger partial charge in [0, 0.05) is 32.7 Å². The number of hydrogen-bond donors (Lipinski definition) is 1. The van der Waals surface area contributed by atoms with E-state index >= 15 is 0 Å². The summed E-state index contributed by atoms with van der Waals surface area (Å²) in [6, 6.07) is 7.15. The molecule has 0 bridgehead atoms. The summed E-state index contributed by atoms with van der Waals surface area (Å²) in [5.74, 6) is 1.85. The molecular formula is C18H28F2IN3O2. The Labute approximate surface area is 171 Å². The smallest absolute Gasteiger partial charge is 0.272 e. The van der Waals surface area contributed by atoms with E-state index in [4.69, 9.17) is 9.47 Å². The van der Waals surface area contributed by atoms with Gasteiger partial charge in [-0.05, 0) is 31.0 Å². The first-order chi connectivity index (χ1) is 12.1. The average molecular weight is 483 g/mol. The van der Waals surface area contributed by atoms with Crippen molar-refractivity contribution in [2.45, 2.75) is 26.3 Å². The highest BCUT2D eigenvalue weighted by Crippen LogP contribution is 2.18. The highest BCUT2D eigenvalue weighted by molar-refractivity contribution is 14.0. The number of rotatable bonds is 8. The molecule has 1 aromatic carbocycles. The van der Waals surface area contributed by atoms with Crippen molar-refractivity contribution in [2.24, 2.45) is 10.9 Å². The maximum absolute atomic E-state index is 12.2. The van der Waals surface area contributed by atoms with E-state index in [-0.39, 0.29) is 24.0 Å². The highest BCUT2D eigenvalue weighted by atomic mass is 127. The average Bonchev–Trinajstić information content (AvgIpc) is 3.06. The van der Waals surface area contributed by atoms with Gasteiger partial charge in [0.05, 0.1) is 13.2 Å². The van der Waals surface area contributed by atoms with E-state index in [1.807, 2.05) is 13.0 Å². The Morgan fingerprint density at radius 1 is 1.42 bits per heavy atom. The Morgan fingerprint density at radius 2 is 2.23 bits per heavy atom. The predicted octanol–water partition coefficient (Wildman–Crippen LogP) is 3.38. The van der Waals surface area contributed by atoms with Crippen molar-refractivity contribution in [1.82, 2.24) is 10.2 Å². The van der Waals surface area contributed by atoms with E-state index in [9.17, 15) is 8.78 Å². The van der Waals surface area contributed by atoms with Gasteiger partial charge in [-0.1, -0.05) is 12.1 Å². The molecule has 1 aliphatic heterocycles. The van der Waals surface area contributed by atoms with Crippen LogP contribution in [-0.4, -0.2) is 57.2 Å². The van der Waals surface area contributed by atoms with Crippen LogP contribution in [0.3, 0.4) is 0 Å². The second kappa shape index (κ2) is 12.3. The summed E-state index contributed by atoms with van der Waals surface area (Å²) < 4.78 is 34.8. The minimum absolute atomic E-state index is 0. The van der Waals surface area contributed by atoms with Gasteiger partial charge in [0.1, 0.15) is 12.4 Å². The summed E-state index contributed by atoms with van der Waals surface area (Å²) in [6.07, 6.45) is -1.38. The van der Waals surface area contributed by atoms with Gasteiger partial charge in [-0.2, -0.15) is 0 Å². The minimum Gasteiger partial charge on any atom is -0.488 e. The third-order valence-electron chi connectivity index (χ3n) is 4.01. The van der Waals surface area contributed by atoms with E-state index in [2.05, 4.69) is 15.2 Å². The number of hydrogen-bond acceptors (Lipinski definition) is 3. The molecule has 0 aliphatic carbocycles. The molecule has 1 saturated heterocycles. The van der Waals surface area contributed by atoms with Gasteiger partial charge in [0.25, 0.3) is 6.43 Å². The van der Waals surface area contributed by atoms with Gasteiger partial charge >= 0.3 is 0 Å². The summed E-state index contributed by atoms with van der Waals surface area (Å²) in [5, 5.41) is 3.32.